The van der Waals surface area contributed by atoms with Gasteiger partial charge in [-0.15, -0.1) is 0 Å². The molecule has 0 heterocycles. The molecular formula is C16H16N2O4. The summed E-state index contributed by atoms with van der Waals surface area (Å²) in [4.78, 5) is 23.8. The van der Waals surface area contributed by atoms with Crippen molar-refractivity contribution >= 4 is 17.5 Å². The molecule has 0 aliphatic carbocycles. The Morgan fingerprint density at radius 3 is 2.32 bits per heavy atom. The lowest BCUT2D eigenvalue weighted by molar-refractivity contribution is 0.100. The molecule has 2 rings (SSSR count). The molecule has 0 fully saturated rings. The number of amides is 2. The highest BCUT2D eigenvalue weighted by molar-refractivity contribution is 6.09. The quantitative estimate of drug-likeness (QED) is 0.884. The van der Waals surface area contributed by atoms with Crippen LogP contribution in [0.2, 0.25) is 0 Å². The number of hydrogen-bond donors (Lipinski definition) is 2. The summed E-state index contributed by atoms with van der Waals surface area (Å²) in [5.74, 6) is 0.0251. The molecule has 0 unspecified atom stereocenters. The number of carbonyl (C=O) groups is 2. The van der Waals surface area contributed by atoms with Crippen molar-refractivity contribution in [2.45, 2.75) is 0 Å². The van der Waals surface area contributed by atoms with E-state index in [1.165, 1.54) is 20.3 Å². The molecule has 22 heavy (non-hydrogen) atoms. The van der Waals surface area contributed by atoms with Gasteiger partial charge in [-0.2, -0.15) is 0 Å². The standard InChI is InChI=1S/C16H16N2O4/c1-21-11-5-3-4-10(8-11)16(20)18-14-7-6-12(22-2)9-13(14)15(17)19/h3-9H,1-2H3,(H2,17,19)(H,18,20). The van der Waals surface area contributed by atoms with Crippen LogP contribution in [-0.4, -0.2) is 26.0 Å². The number of nitrogens with one attached hydrogen (secondary N) is 1. The van der Waals surface area contributed by atoms with Crippen LogP contribution in [0.3, 0.4) is 0 Å². The normalized spacial score (nSPS) is 9.91. The Morgan fingerprint density at radius 1 is 1.00 bits per heavy atom. The summed E-state index contributed by atoms with van der Waals surface area (Å²) >= 11 is 0. The van der Waals surface area contributed by atoms with Gasteiger partial charge in [-0.1, -0.05) is 6.07 Å². The fourth-order valence-electron chi connectivity index (χ4n) is 1.92. The minimum Gasteiger partial charge on any atom is -0.497 e. The Kier molecular flexibility index (Phi) is 4.63. The van der Waals surface area contributed by atoms with Gasteiger partial charge in [-0.25, -0.2) is 0 Å². The zero-order chi connectivity index (χ0) is 16.1. The highest BCUT2D eigenvalue weighted by Crippen LogP contribution is 2.23. The molecule has 6 heteroatoms. The van der Waals surface area contributed by atoms with Gasteiger partial charge >= 0.3 is 0 Å². The third-order valence-electron chi connectivity index (χ3n) is 3.07. The van der Waals surface area contributed by atoms with Gasteiger partial charge in [0.05, 0.1) is 25.5 Å². The lowest BCUT2D eigenvalue weighted by atomic mass is 10.1. The average Bonchev–Trinajstić information content (AvgIpc) is 2.55. The molecule has 2 amide bonds. The van der Waals surface area contributed by atoms with Gasteiger partial charge in [0.25, 0.3) is 11.8 Å². The highest BCUT2D eigenvalue weighted by atomic mass is 16.5. The average molecular weight is 300 g/mol. The number of anilines is 1. The zero-order valence-corrected chi connectivity index (χ0v) is 12.3. The summed E-state index contributed by atoms with van der Waals surface area (Å²) in [5, 5.41) is 2.66. The largest absolute Gasteiger partial charge is 0.497 e. The monoisotopic (exact) mass is 300 g/mol. The Bertz CT molecular complexity index is 713. The molecule has 0 saturated heterocycles. The number of ether oxygens (including phenoxy) is 2. The van der Waals surface area contributed by atoms with Crippen LogP contribution in [-0.2, 0) is 0 Å². The van der Waals surface area contributed by atoms with Gasteiger partial charge in [0.2, 0.25) is 0 Å². The lowest BCUT2D eigenvalue weighted by Gasteiger charge is -2.11. The van der Waals surface area contributed by atoms with E-state index in [4.69, 9.17) is 15.2 Å². The summed E-state index contributed by atoms with van der Waals surface area (Å²) in [6.45, 7) is 0. The van der Waals surface area contributed by atoms with Crippen molar-refractivity contribution in [2.75, 3.05) is 19.5 Å². The second kappa shape index (κ2) is 6.62. The van der Waals surface area contributed by atoms with Gasteiger partial charge in [0.15, 0.2) is 0 Å². The number of methoxy groups -OCH3 is 2. The van der Waals surface area contributed by atoms with Crippen molar-refractivity contribution in [1.29, 1.82) is 0 Å². The molecule has 0 spiro atoms. The zero-order valence-electron chi connectivity index (χ0n) is 12.3. The fraction of sp³-hybridized carbons (Fsp3) is 0.125. The smallest absolute Gasteiger partial charge is 0.255 e. The number of nitrogens with two attached hydrogens (primary N) is 1. The lowest BCUT2D eigenvalue weighted by Crippen LogP contribution is -2.18. The predicted molar refractivity (Wildman–Crippen MR) is 82.5 cm³/mol. The van der Waals surface area contributed by atoms with Crippen molar-refractivity contribution in [3.8, 4) is 11.5 Å². The summed E-state index contributed by atoms with van der Waals surface area (Å²) in [6, 6.07) is 11.4. The third-order valence-corrected chi connectivity index (χ3v) is 3.07. The van der Waals surface area contributed by atoms with E-state index < -0.39 is 5.91 Å². The van der Waals surface area contributed by atoms with Crippen LogP contribution in [0.15, 0.2) is 42.5 Å². The molecule has 0 saturated carbocycles. The van der Waals surface area contributed by atoms with Gasteiger partial charge in [-0.05, 0) is 36.4 Å². The van der Waals surface area contributed by atoms with E-state index in [1.807, 2.05) is 0 Å². The first kappa shape index (κ1) is 15.4. The van der Waals surface area contributed by atoms with E-state index in [9.17, 15) is 9.59 Å². The van der Waals surface area contributed by atoms with Crippen molar-refractivity contribution in [3.05, 3.63) is 53.6 Å². The van der Waals surface area contributed by atoms with Crippen LogP contribution in [0, 0.1) is 0 Å². The maximum atomic E-state index is 12.3. The summed E-state index contributed by atoms with van der Waals surface area (Å²) in [6.07, 6.45) is 0. The number of hydrogen-bond acceptors (Lipinski definition) is 4. The predicted octanol–water partition coefficient (Wildman–Crippen LogP) is 2.05. The number of carbonyl (C=O) groups excluding carboxylic acids is 2. The second-order valence-electron chi connectivity index (χ2n) is 4.46. The Hall–Kier alpha value is -3.02. The fourth-order valence-corrected chi connectivity index (χ4v) is 1.92. The maximum Gasteiger partial charge on any atom is 0.255 e. The van der Waals surface area contributed by atoms with E-state index in [-0.39, 0.29) is 11.5 Å². The topological polar surface area (TPSA) is 90.7 Å². The molecule has 0 aliphatic heterocycles. The second-order valence-corrected chi connectivity index (χ2v) is 4.46. The van der Waals surface area contributed by atoms with E-state index >= 15 is 0 Å². The molecule has 3 N–H and O–H groups in total. The SMILES string of the molecule is COc1cccc(C(=O)Nc2ccc(OC)cc2C(N)=O)c1. The van der Waals surface area contributed by atoms with Crippen LogP contribution in [0.25, 0.3) is 0 Å². The number of rotatable bonds is 5. The van der Waals surface area contributed by atoms with Gasteiger partial charge in [-0.3, -0.25) is 9.59 Å². The molecule has 0 radical (unpaired) electrons. The molecular weight excluding hydrogens is 284 g/mol. The first-order valence-electron chi connectivity index (χ1n) is 6.48. The molecule has 6 nitrogen and oxygen atoms in total. The van der Waals surface area contributed by atoms with Gasteiger partial charge in [0, 0.05) is 5.56 Å². The first-order chi connectivity index (χ1) is 10.5. The maximum absolute atomic E-state index is 12.3. The van der Waals surface area contributed by atoms with Crippen molar-refractivity contribution in [1.82, 2.24) is 0 Å². The molecule has 2 aromatic rings. The van der Waals surface area contributed by atoms with Crippen LogP contribution >= 0.6 is 0 Å². The van der Waals surface area contributed by atoms with Crippen LogP contribution < -0.4 is 20.5 Å². The summed E-state index contributed by atoms with van der Waals surface area (Å²) in [7, 11) is 3.00. The van der Waals surface area contributed by atoms with E-state index in [1.54, 1.807) is 36.4 Å². The van der Waals surface area contributed by atoms with E-state index in [0.717, 1.165) is 0 Å². The van der Waals surface area contributed by atoms with Crippen molar-refractivity contribution < 1.29 is 19.1 Å². The van der Waals surface area contributed by atoms with Gasteiger partial charge in [0.1, 0.15) is 11.5 Å². The first-order valence-corrected chi connectivity index (χ1v) is 6.48. The third kappa shape index (κ3) is 3.35. The minimum absolute atomic E-state index is 0.176. The minimum atomic E-state index is -0.653. The number of primary amides is 1. The summed E-state index contributed by atoms with van der Waals surface area (Å²) in [5.41, 5.74) is 6.24. The van der Waals surface area contributed by atoms with E-state index in [0.29, 0.717) is 22.7 Å². The highest BCUT2D eigenvalue weighted by Gasteiger charge is 2.14. The molecule has 0 aromatic heterocycles. The molecule has 2 aromatic carbocycles. The molecule has 0 aliphatic rings. The van der Waals surface area contributed by atoms with Gasteiger partial charge < -0.3 is 20.5 Å². The van der Waals surface area contributed by atoms with E-state index in [2.05, 4.69) is 5.32 Å². The molecule has 114 valence electrons. The van der Waals surface area contributed by atoms with Crippen molar-refractivity contribution in [3.63, 3.8) is 0 Å². The Morgan fingerprint density at radius 2 is 1.68 bits per heavy atom. The Labute approximate surface area is 127 Å². The number of benzene rings is 2. The van der Waals surface area contributed by atoms with Crippen LogP contribution in [0.1, 0.15) is 20.7 Å². The molecule has 0 atom stereocenters. The Balaban J connectivity index is 2.29. The molecule has 0 bridgehead atoms. The van der Waals surface area contributed by atoms with Crippen molar-refractivity contribution in [2.24, 2.45) is 5.73 Å². The van der Waals surface area contributed by atoms with Crippen LogP contribution in [0.4, 0.5) is 5.69 Å². The van der Waals surface area contributed by atoms with Crippen LogP contribution in [0.5, 0.6) is 11.5 Å². The summed E-state index contributed by atoms with van der Waals surface area (Å²) < 4.78 is 10.1.